The molecule has 0 saturated heterocycles. The minimum atomic E-state index is -0.218. The SMILES string of the molecule is CC.Cc1cccc(OC2CC2)c1F. The van der Waals surface area contributed by atoms with Gasteiger partial charge in [0.05, 0.1) is 6.10 Å². The normalized spacial score (nSPS) is 14.3. The van der Waals surface area contributed by atoms with Crippen LogP contribution in [0.15, 0.2) is 18.2 Å². The molecule has 0 N–H and O–H groups in total. The summed E-state index contributed by atoms with van der Waals surface area (Å²) in [4.78, 5) is 0. The Labute approximate surface area is 84.9 Å². The van der Waals surface area contributed by atoms with Gasteiger partial charge in [0.2, 0.25) is 0 Å². The smallest absolute Gasteiger partial charge is 0.167 e. The topological polar surface area (TPSA) is 9.23 Å². The molecule has 0 unspecified atom stereocenters. The molecule has 0 heterocycles. The van der Waals surface area contributed by atoms with Gasteiger partial charge in [-0.05, 0) is 31.4 Å². The van der Waals surface area contributed by atoms with Crippen LogP contribution in [0.2, 0.25) is 0 Å². The summed E-state index contributed by atoms with van der Waals surface area (Å²) >= 11 is 0. The van der Waals surface area contributed by atoms with Crippen molar-refractivity contribution in [1.29, 1.82) is 0 Å². The summed E-state index contributed by atoms with van der Waals surface area (Å²) in [6.45, 7) is 5.75. The van der Waals surface area contributed by atoms with Crippen molar-refractivity contribution in [2.45, 2.75) is 39.7 Å². The maximum Gasteiger partial charge on any atom is 0.167 e. The van der Waals surface area contributed by atoms with E-state index in [1.165, 1.54) is 0 Å². The third-order valence-corrected chi connectivity index (χ3v) is 1.97. The summed E-state index contributed by atoms with van der Waals surface area (Å²) in [6.07, 6.45) is 2.39. The average molecular weight is 196 g/mol. The molecule has 1 aliphatic rings. The van der Waals surface area contributed by atoms with Gasteiger partial charge in [-0.25, -0.2) is 4.39 Å². The third-order valence-electron chi connectivity index (χ3n) is 1.97. The Bertz CT molecular complexity index is 292. The lowest BCUT2D eigenvalue weighted by molar-refractivity contribution is 0.287. The molecule has 0 aromatic heterocycles. The fourth-order valence-corrected chi connectivity index (χ4v) is 1.08. The summed E-state index contributed by atoms with van der Waals surface area (Å²) in [5, 5.41) is 0. The number of halogens is 1. The van der Waals surface area contributed by atoms with E-state index in [2.05, 4.69) is 0 Å². The molecule has 1 fully saturated rings. The Morgan fingerprint density at radius 3 is 2.50 bits per heavy atom. The van der Waals surface area contributed by atoms with Gasteiger partial charge < -0.3 is 4.74 Å². The van der Waals surface area contributed by atoms with E-state index in [1.54, 1.807) is 19.1 Å². The van der Waals surface area contributed by atoms with Crippen LogP contribution in [-0.4, -0.2) is 6.10 Å². The Hall–Kier alpha value is -1.05. The van der Waals surface area contributed by atoms with Crippen molar-refractivity contribution in [3.63, 3.8) is 0 Å². The number of hydrogen-bond acceptors (Lipinski definition) is 1. The van der Waals surface area contributed by atoms with Crippen molar-refractivity contribution in [2.24, 2.45) is 0 Å². The van der Waals surface area contributed by atoms with Crippen molar-refractivity contribution < 1.29 is 9.13 Å². The predicted molar refractivity (Wildman–Crippen MR) is 56.1 cm³/mol. The second-order valence-electron chi connectivity index (χ2n) is 3.20. The molecule has 1 aromatic rings. The highest BCUT2D eigenvalue weighted by molar-refractivity contribution is 5.30. The number of ether oxygens (including phenoxy) is 1. The number of aryl methyl sites for hydroxylation is 1. The fraction of sp³-hybridized carbons (Fsp3) is 0.500. The van der Waals surface area contributed by atoms with E-state index < -0.39 is 0 Å². The number of hydrogen-bond donors (Lipinski definition) is 0. The van der Waals surface area contributed by atoms with E-state index in [0.717, 1.165) is 12.8 Å². The highest BCUT2D eigenvalue weighted by atomic mass is 19.1. The van der Waals surface area contributed by atoms with Crippen LogP contribution in [0, 0.1) is 12.7 Å². The molecule has 0 spiro atoms. The summed E-state index contributed by atoms with van der Waals surface area (Å²) in [7, 11) is 0. The monoisotopic (exact) mass is 196 g/mol. The molecule has 0 radical (unpaired) electrons. The van der Waals surface area contributed by atoms with Gasteiger partial charge in [0, 0.05) is 0 Å². The molecule has 2 heteroatoms. The molecule has 1 aliphatic carbocycles. The zero-order chi connectivity index (χ0) is 10.6. The summed E-state index contributed by atoms with van der Waals surface area (Å²) in [6, 6.07) is 5.24. The van der Waals surface area contributed by atoms with E-state index in [1.807, 2.05) is 19.9 Å². The minimum Gasteiger partial charge on any atom is -0.487 e. The van der Waals surface area contributed by atoms with E-state index in [0.29, 0.717) is 11.3 Å². The Morgan fingerprint density at radius 2 is 1.93 bits per heavy atom. The van der Waals surface area contributed by atoms with Gasteiger partial charge in [-0.3, -0.25) is 0 Å². The highest BCUT2D eigenvalue weighted by Gasteiger charge is 2.24. The molecule has 78 valence electrons. The first-order valence-electron chi connectivity index (χ1n) is 5.19. The zero-order valence-electron chi connectivity index (χ0n) is 9.01. The van der Waals surface area contributed by atoms with E-state index in [-0.39, 0.29) is 11.9 Å². The maximum absolute atomic E-state index is 13.3. The Kier molecular flexibility index (Phi) is 3.93. The van der Waals surface area contributed by atoms with Crippen LogP contribution in [0.4, 0.5) is 4.39 Å². The van der Waals surface area contributed by atoms with Gasteiger partial charge in [0.25, 0.3) is 0 Å². The standard InChI is InChI=1S/C10H11FO.C2H6/c1-7-3-2-4-9(10(7)11)12-8-5-6-8;1-2/h2-4,8H,5-6H2,1H3;1-2H3. The molecule has 14 heavy (non-hydrogen) atoms. The lowest BCUT2D eigenvalue weighted by Gasteiger charge is -2.06. The first kappa shape index (κ1) is 11.0. The van der Waals surface area contributed by atoms with Crippen molar-refractivity contribution in [1.82, 2.24) is 0 Å². The molecule has 1 aromatic carbocycles. The molecular formula is C12H17FO. The number of benzene rings is 1. The van der Waals surface area contributed by atoms with Crippen molar-refractivity contribution in [2.75, 3.05) is 0 Å². The minimum absolute atomic E-state index is 0.218. The molecule has 0 amide bonds. The quantitative estimate of drug-likeness (QED) is 0.700. The predicted octanol–water partition coefficient (Wildman–Crippen LogP) is 3.70. The van der Waals surface area contributed by atoms with Crippen LogP contribution >= 0.6 is 0 Å². The van der Waals surface area contributed by atoms with Gasteiger partial charge in [0.15, 0.2) is 11.6 Å². The van der Waals surface area contributed by atoms with Gasteiger partial charge in [-0.1, -0.05) is 26.0 Å². The molecular weight excluding hydrogens is 179 g/mol. The molecule has 0 atom stereocenters. The average Bonchev–Trinajstić information content (AvgIpc) is 3.00. The van der Waals surface area contributed by atoms with Crippen LogP contribution in [0.3, 0.4) is 0 Å². The molecule has 2 rings (SSSR count). The van der Waals surface area contributed by atoms with Crippen molar-refractivity contribution >= 4 is 0 Å². The largest absolute Gasteiger partial charge is 0.487 e. The van der Waals surface area contributed by atoms with Crippen LogP contribution < -0.4 is 4.74 Å². The van der Waals surface area contributed by atoms with Crippen molar-refractivity contribution in [3.05, 3.63) is 29.6 Å². The molecule has 1 saturated carbocycles. The summed E-state index contributed by atoms with van der Waals surface area (Å²) in [5.74, 6) is 0.182. The Morgan fingerprint density at radius 1 is 1.29 bits per heavy atom. The van der Waals surface area contributed by atoms with Crippen LogP contribution in [0.5, 0.6) is 5.75 Å². The van der Waals surface area contributed by atoms with Gasteiger partial charge >= 0.3 is 0 Å². The lowest BCUT2D eigenvalue weighted by atomic mass is 10.2. The second-order valence-corrected chi connectivity index (χ2v) is 3.20. The van der Waals surface area contributed by atoms with E-state index >= 15 is 0 Å². The summed E-state index contributed by atoms with van der Waals surface area (Å²) in [5.41, 5.74) is 0.646. The van der Waals surface area contributed by atoms with Crippen molar-refractivity contribution in [3.8, 4) is 5.75 Å². The first-order valence-corrected chi connectivity index (χ1v) is 5.19. The van der Waals surface area contributed by atoms with Crippen LogP contribution in [-0.2, 0) is 0 Å². The van der Waals surface area contributed by atoms with Gasteiger partial charge in [-0.2, -0.15) is 0 Å². The number of rotatable bonds is 2. The second kappa shape index (κ2) is 4.99. The zero-order valence-corrected chi connectivity index (χ0v) is 9.01. The Balaban J connectivity index is 0.000000461. The molecule has 0 aliphatic heterocycles. The van der Waals surface area contributed by atoms with Gasteiger partial charge in [-0.15, -0.1) is 0 Å². The van der Waals surface area contributed by atoms with Crippen LogP contribution in [0.25, 0.3) is 0 Å². The van der Waals surface area contributed by atoms with E-state index in [9.17, 15) is 4.39 Å². The molecule has 0 bridgehead atoms. The van der Waals surface area contributed by atoms with Crippen LogP contribution in [0.1, 0.15) is 32.3 Å². The lowest BCUT2D eigenvalue weighted by Crippen LogP contribution is -1.98. The maximum atomic E-state index is 13.3. The molecule has 1 nitrogen and oxygen atoms in total. The highest BCUT2D eigenvalue weighted by Crippen LogP contribution is 2.29. The third kappa shape index (κ3) is 2.72. The fourth-order valence-electron chi connectivity index (χ4n) is 1.08. The van der Waals surface area contributed by atoms with E-state index in [4.69, 9.17) is 4.74 Å². The van der Waals surface area contributed by atoms with Gasteiger partial charge in [0.1, 0.15) is 0 Å². The summed E-state index contributed by atoms with van der Waals surface area (Å²) < 4.78 is 18.6. The first-order chi connectivity index (χ1) is 6.77.